The predicted molar refractivity (Wildman–Crippen MR) is 70.2 cm³/mol. The number of pyridine rings is 1. The first-order chi connectivity index (χ1) is 9.02. The molecule has 0 aliphatic carbocycles. The van der Waals surface area contributed by atoms with Crippen molar-refractivity contribution in [2.75, 3.05) is 7.11 Å². The first-order valence-electron chi connectivity index (χ1n) is 5.43. The van der Waals surface area contributed by atoms with Crippen molar-refractivity contribution >= 4 is 17.3 Å². The van der Waals surface area contributed by atoms with Gasteiger partial charge in [-0.15, -0.1) is 11.3 Å². The highest BCUT2D eigenvalue weighted by Crippen LogP contribution is 2.16. The van der Waals surface area contributed by atoms with E-state index in [0.717, 1.165) is 16.6 Å². The van der Waals surface area contributed by atoms with Gasteiger partial charge in [-0.25, -0.2) is 9.78 Å². The Bertz CT molecular complexity index is 675. The van der Waals surface area contributed by atoms with Crippen LogP contribution >= 0.6 is 11.3 Å². The van der Waals surface area contributed by atoms with E-state index in [4.69, 9.17) is 9.84 Å². The Morgan fingerprint density at radius 3 is 2.84 bits per heavy atom. The zero-order valence-corrected chi connectivity index (χ0v) is 11.2. The Hall–Kier alpha value is -2.15. The summed E-state index contributed by atoms with van der Waals surface area (Å²) < 4.78 is 6.41. The number of carboxylic acids is 1. The van der Waals surface area contributed by atoms with E-state index in [1.165, 1.54) is 29.2 Å². The molecule has 0 aromatic carbocycles. The number of nitrogens with zero attached hydrogens (tertiary/aromatic N) is 2. The molecule has 0 aliphatic heterocycles. The lowest BCUT2D eigenvalue weighted by Crippen LogP contribution is -2.18. The molecule has 6 nitrogen and oxygen atoms in total. The number of rotatable bonds is 4. The van der Waals surface area contributed by atoms with Crippen LogP contribution in [0.1, 0.15) is 21.1 Å². The summed E-state index contributed by atoms with van der Waals surface area (Å²) in [5.41, 5.74) is 2.03. The molecule has 7 heteroatoms. The van der Waals surface area contributed by atoms with Crippen molar-refractivity contribution in [2.24, 2.45) is 0 Å². The molecule has 0 spiro atoms. The number of thiazole rings is 1. The smallest absolute Gasteiger partial charge is 0.352 e. The van der Waals surface area contributed by atoms with Gasteiger partial charge in [0, 0.05) is 10.9 Å². The summed E-state index contributed by atoms with van der Waals surface area (Å²) in [4.78, 5) is 27.8. The van der Waals surface area contributed by atoms with Gasteiger partial charge in [0.1, 0.15) is 5.69 Å². The summed E-state index contributed by atoms with van der Waals surface area (Å²) in [5.74, 6) is -1.03. The molecule has 0 aliphatic rings. The third kappa shape index (κ3) is 2.65. The molecule has 0 saturated carbocycles. The molecule has 0 unspecified atom stereocenters. The first kappa shape index (κ1) is 13.3. The summed E-state index contributed by atoms with van der Waals surface area (Å²) in [7, 11) is 1.37. The maximum absolute atomic E-state index is 11.6. The first-order valence-corrected chi connectivity index (χ1v) is 6.31. The Labute approximate surface area is 112 Å². The van der Waals surface area contributed by atoms with Crippen molar-refractivity contribution in [1.82, 2.24) is 9.55 Å². The number of carbonyl (C=O) groups is 1. The molecule has 0 amide bonds. The van der Waals surface area contributed by atoms with Crippen molar-refractivity contribution < 1.29 is 14.6 Å². The number of hydrogen-bond donors (Lipinski definition) is 1. The van der Waals surface area contributed by atoms with E-state index in [9.17, 15) is 9.59 Å². The summed E-state index contributed by atoms with van der Waals surface area (Å²) in [6.45, 7) is 2.20. The van der Waals surface area contributed by atoms with Gasteiger partial charge in [-0.1, -0.05) is 0 Å². The van der Waals surface area contributed by atoms with Crippen LogP contribution in [0.5, 0.6) is 5.75 Å². The minimum absolute atomic E-state index is 0.0707. The van der Waals surface area contributed by atoms with E-state index < -0.39 is 11.4 Å². The van der Waals surface area contributed by atoms with Gasteiger partial charge in [-0.05, 0) is 6.92 Å². The van der Waals surface area contributed by atoms with Gasteiger partial charge in [0.2, 0.25) is 5.43 Å². The van der Waals surface area contributed by atoms with E-state index in [0.29, 0.717) is 6.54 Å². The van der Waals surface area contributed by atoms with E-state index in [1.54, 1.807) is 5.51 Å². The molecule has 0 saturated heterocycles. The molecule has 0 fully saturated rings. The van der Waals surface area contributed by atoms with Crippen LogP contribution in [0.25, 0.3) is 0 Å². The topological polar surface area (TPSA) is 81.4 Å². The SMILES string of the molecule is COc1cn(Cc2scnc2C)c(C(=O)O)cc1=O. The Balaban J connectivity index is 2.51. The van der Waals surface area contributed by atoms with E-state index >= 15 is 0 Å². The molecule has 2 heterocycles. The van der Waals surface area contributed by atoms with Gasteiger partial charge in [0.15, 0.2) is 5.75 Å². The Morgan fingerprint density at radius 1 is 1.58 bits per heavy atom. The maximum Gasteiger partial charge on any atom is 0.352 e. The summed E-state index contributed by atoms with van der Waals surface area (Å²) in [6.07, 6.45) is 1.41. The number of aromatic carboxylic acids is 1. The van der Waals surface area contributed by atoms with Crippen LogP contribution in [-0.2, 0) is 6.54 Å². The fourth-order valence-electron chi connectivity index (χ4n) is 1.65. The molecule has 0 radical (unpaired) electrons. The second-order valence-corrected chi connectivity index (χ2v) is 4.82. The van der Waals surface area contributed by atoms with Crippen molar-refractivity contribution in [3.8, 4) is 5.75 Å². The molecular weight excluding hydrogens is 268 g/mol. The predicted octanol–water partition coefficient (Wildman–Crippen LogP) is 1.37. The largest absolute Gasteiger partial charge is 0.491 e. The normalized spacial score (nSPS) is 10.4. The lowest BCUT2D eigenvalue weighted by molar-refractivity contribution is 0.0684. The highest BCUT2D eigenvalue weighted by molar-refractivity contribution is 7.09. The summed E-state index contributed by atoms with van der Waals surface area (Å²) in [6, 6.07) is 1.07. The van der Waals surface area contributed by atoms with Gasteiger partial charge in [0.25, 0.3) is 0 Å². The van der Waals surface area contributed by atoms with Crippen molar-refractivity contribution in [3.63, 3.8) is 0 Å². The Kier molecular flexibility index (Phi) is 3.66. The minimum Gasteiger partial charge on any atom is -0.491 e. The molecule has 19 heavy (non-hydrogen) atoms. The number of hydrogen-bond acceptors (Lipinski definition) is 5. The molecule has 0 bridgehead atoms. The number of aryl methyl sites for hydroxylation is 1. The van der Waals surface area contributed by atoms with Crippen molar-refractivity contribution in [2.45, 2.75) is 13.5 Å². The highest BCUT2D eigenvalue weighted by Gasteiger charge is 2.14. The fourth-order valence-corrected chi connectivity index (χ4v) is 2.43. The monoisotopic (exact) mass is 280 g/mol. The van der Waals surface area contributed by atoms with Crippen molar-refractivity contribution in [1.29, 1.82) is 0 Å². The zero-order chi connectivity index (χ0) is 14.0. The number of aromatic nitrogens is 2. The lowest BCUT2D eigenvalue weighted by atomic mass is 10.3. The van der Waals surface area contributed by atoms with Crippen LogP contribution in [0.15, 0.2) is 22.6 Å². The van der Waals surface area contributed by atoms with Gasteiger partial charge < -0.3 is 14.4 Å². The van der Waals surface area contributed by atoms with Crippen molar-refractivity contribution in [3.05, 3.63) is 44.3 Å². The van der Waals surface area contributed by atoms with Gasteiger partial charge in [-0.2, -0.15) is 0 Å². The number of ether oxygens (including phenoxy) is 1. The summed E-state index contributed by atoms with van der Waals surface area (Å²) >= 11 is 1.44. The number of carboxylic acid groups (broad SMARTS) is 1. The highest BCUT2D eigenvalue weighted by atomic mass is 32.1. The molecule has 0 atom stereocenters. The van der Waals surface area contributed by atoms with Crippen LogP contribution in [0.4, 0.5) is 0 Å². The average Bonchev–Trinajstić information content (AvgIpc) is 2.76. The van der Waals surface area contributed by atoms with Gasteiger partial charge >= 0.3 is 5.97 Å². The van der Waals surface area contributed by atoms with Crippen LogP contribution in [-0.4, -0.2) is 27.7 Å². The Morgan fingerprint density at radius 2 is 2.32 bits per heavy atom. The van der Waals surface area contributed by atoms with Gasteiger partial charge in [-0.3, -0.25) is 4.79 Å². The quantitative estimate of drug-likeness (QED) is 0.914. The van der Waals surface area contributed by atoms with E-state index in [2.05, 4.69) is 4.98 Å². The standard InChI is InChI=1S/C12H12N2O4S/c1-7-11(19-6-13-7)5-14-4-10(18-2)9(15)3-8(14)12(16)17/h3-4,6H,5H2,1-2H3,(H,16,17). The van der Waals surface area contributed by atoms with E-state index in [-0.39, 0.29) is 11.4 Å². The van der Waals surface area contributed by atoms with Crippen LogP contribution < -0.4 is 10.2 Å². The van der Waals surface area contributed by atoms with Crippen LogP contribution in [0.2, 0.25) is 0 Å². The fraction of sp³-hybridized carbons (Fsp3) is 0.250. The summed E-state index contributed by atoms with van der Waals surface area (Å²) in [5, 5.41) is 9.14. The van der Waals surface area contributed by atoms with E-state index in [1.807, 2.05) is 6.92 Å². The second kappa shape index (κ2) is 5.23. The lowest BCUT2D eigenvalue weighted by Gasteiger charge is -2.11. The van der Waals surface area contributed by atoms with Gasteiger partial charge in [0.05, 0.1) is 31.1 Å². The van der Waals surface area contributed by atoms with Crippen LogP contribution in [0, 0.1) is 6.92 Å². The minimum atomic E-state index is -1.15. The molecule has 2 aromatic heterocycles. The maximum atomic E-state index is 11.6. The average molecular weight is 280 g/mol. The third-order valence-electron chi connectivity index (χ3n) is 2.69. The molecule has 100 valence electrons. The molecule has 1 N–H and O–H groups in total. The third-order valence-corrected chi connectivity index (χ3v) is 3.61. The number of methoxy groups -OCH3 is 1. The zero-order valence-electron chi connectivity index (χ0n) is 10.4. The van der Waals surface area contributed by atoms with Crippen LogP contribution in [0.3, 0.4) is 0 Å². The second-order valence-electron chi connectivity index (χ2n) is 3.89. The molecule has 2 aromatic rings. The molecule has 2 rings (SSSR count). The molecular formula is C12H12N2O4S.